The van der Waals surface area contributed by atoms with E-state index in [4.69, 9.17) is 4.84 Å². The van der Waals surface area contributed by atoms with Crippen LogP contribution >= 0.6 is 0 Å². The standard InChI is InChI=1S/C16H17N3O4/c1-10-8-17-6-7-18(10)13(9-17)16(22)23-19-14(20)11-4-2-3-5-12(11)15(19)21/h2-5,10,13H,6-9H2,1H3. The van der Waals surface area contributed by atoms with Gasteiger partial charge in [-0.1, -0.05) is 17.2 Å². The van der Waals surface area contributed by atoms with Crippen LogP contribution in [-0.2, 0) is 9.63 Å². The Morgan fingerprint density at radius 2 is 1.74 bits per heavy atom. The summed E-state index contributed by atoms with van der Waals surface area (Å²) >= 11 is 0. The lowest BCUT2D eigenvalue weighted by atomic mass is 10.0. The van der Waals surface area contributed by atoms with E-state index in [0.717, 1.165) is 19.6 Å². The molecule has 7 heteroatoms. The van der Waals surface area contributed by atoms with Crippen molar-refractivity contribution in [1.29, 1.82) is 0 Å². The molecule has 120 valence electrons. The Morgan fingerprint density at radius 1 is 1.09 bits per heavy atom. The van der Waals surface area contributed by atoms with Crippen LogP contribution in [0.5, 0.6) is 0 Å². The van der Waals surface area contributed by atoms with Crippen LogP contribution in [0.15, 0.2) is 24.3 Å². The monoisotopic (exact) mass is 315 g/mol. The fraction of sp³-hybridized carbons (Fsp3) is 0.438. The minimum Gasteiger partial charge on any atom is -0.328 e. The Kier molecular flexibility index (Phi) is 3.21. The van der Waals surface area contributed by atoms with Crippen molar-refractivity contribution in [2.75, 3.05) is 26.2 Å². The van der Waals surface area contributed by atoms with E-state index in [1.807, 2.05) is 0 Å². The molecule has 7 nitrogen and oxygen atoms in total. The fourth-order valence-electron chi connectivity index (χ4n) is 3.64. The van der Waals surface area contributed by atoms with E-state index in [0.29, 0.717) is 11.6 Å². The van der Waals surface area contributed by atoms with E-state index >= 15 is 0 Å². The number of hydrogen-bond donors (Lipinski definition) is 0. The van der Waals surface area contributed by atoms with Gasteiger partial charge in [-0.3, -0.25) is 19.4 Å². The third-order valence-corrected chi connectivity index (χ3v) is 4.80. The first kappa shape index (κ1) is 14.3. The lowest BCUT2D eigenvalue weighted by Crippen LogP contribution is -2.67. The molecule has 0 aliphatic carbocycles. The molecule has 1 aromatic carbocycles. The van der Waals surface area contributed by atoms with Gasteiger partial charge >= 0.3 is 5.97 Å². The summed E-state index contributed by atoms with van der Waals surface area (Å²) in [6, 6.07) is 6.30. The number of rotatable bonds is 2. The first-order valence-electron chi connectivity index (χ1n) is 7.74. The second kappa shape index (κ2) is 5.14. The van der Waals surface area contributed by atoms with Crippen molar-refractivity contribution in [2.24, 2.45) is 0 Å². The topological polar surface area (TPSA) is 70.2 Å². The highest BCUT2D eigenvalue weighted by Gasteiger charge is 2.45. The van der Waals surface area contributed by atoms with E-state index in [2.05, 4.69) is 16.7 Å². The third-order valence-electron chi connectivity index (χ3n) is 4.80. The number of piperazine rings is 3. The number of benzene rings is 1. The molecule has 4 aliphatic heterocycles. The molecule has 0 radical (unpaired) electrons. The summed E-state index contributed by atoms with van der Waals surface area (Å²) in [5.74, 6) is -1.71. The molecule has 4 unspecified atom stereocenters. The predicted molar refractivity (Wildman–Crippen MR) is 79.4 cm³/mol. The van der Waals surface area contributed by atoms with Gasteiger partial charge in [0.05, 0.1) is 11.1 Å². The van der Waals surface area contributed by atoms with Crippen molar-refractivity contribution in [3.05, 3.63) is 35.4 Å². The van der Waals surface area contributed by atoms with Gasteiger partial charge in [-0.25, -0.2) is 4.79 Å². The Bertz CT molecular complexity index is 669. The minimum absolute atomic E-state index is 0.261. The average molecular weight is 315 g/mol. The molecule has 2 bridgehead atoms. The molecule has 3 saturated heterocycles. The van der Waals surface area contributed by atoms with Gasteiger partial charge in [0.15, 0.2) is 0 Å². The number of hydrogen-bond acceptors (Lipinski definition) is 6. The van der Waals surface area contributed by atoms with Gasteiger partial charge in [-0.05, 0) is 19.1 Å². The van der Waals surface area contributed by atoms with Crippen LogP contribution in [0.1, 0.15) is 27.6 Å². The normalized spacial score (nSPS) is 32.1. The molecule has 3 fully saturated rings. The summed E-state index contributed by atoms with van der Waals surface area (Å²) in [7, 11) is 0. The maximum atomic E-state index is 12.5. The highest BCUT2D eigenvalue weighted by atomic mass is 16.7. The quantitative estimate of drug-likeness (QED) is 0.723. The SMILES string of the molecule is CC1CN2CCN1C(C(=O)ON1C(=O)c3ccccc3C1=O)C2. The van der Waals surface area contributed by atoms with E-state index < -0.39 is 23.8 Å². The van der Waals surface area contributed by atoms with Crippen molar-refractivity contribution in [1.82, 2.24) is 14.9 Å². The van der Waals surface area contributed by atoms with Gasteiger partial charge in [0.1, 0.15) is 6.04 Å². The van der Waals surface area contributed by atoms with E-state index in [9.17, 15) is 14.4 Å². The summed E-state index contributed by atoms with van der Waals surface area (Å²) in [4.78, 5) is 46.5. The molecule has 4 aliphatic rings. The maximum absolute atomic E-state index is 12.5. The largest absolute Gasteiger partial charge is 0.351 e. The predicted octanol–water partition coefficient (Wildman–Crippen LogP) is 0.129. The smallest absolute Gasteiger partial charge is 0.328 e. The summed E-state index contributed by atoms with van der Waals surface area (Å²) < 4.78 is 0. The molecule has 0 aromatic heterocycles. The fourth-order valence-corrected chi connectivity index (χ4v) is 3.64. The first-order valence-corrected chi connectivity index (χ1v) is 7.74. The zero-order chi connectivity index (χ0) is 16.1. The van der Waals surface area contributed by atoms with Gasteiger partial charge < -0.3 is 4.84 Å². The molecular formula is C16H17N3O4. The van der Waals surface area contributed by atoms with E-state index in [-0.39, 0.29) is 17.2 Å². The zero-order valence-corrected chi connectivity index (χ0v) is 12.8. The average Bonchev–Trinajstić information content (AvgIpc) is 2.80. The van der Waals surface area contributed by atoms with Crippen LogP contribution in [0, 0.1) is 0 Å². The summed E-state index contributed by atoms with van der Waals surface area (Å²) in [6.07, 6.45) is 0. The number of carbonyl (C=O) groups excluding carboxylic acids is 3. The van der Waals surface area contributed by atoms with Crippen molar-refractivity contribution >= 4 is 17.8 Å². The number of fused-ring (bicyclic) bond motifs is 4. The van der Waals surface area contributed by atoms with Crippen molar-refractivity contribution < 1.29 is 19.2 Å². The molecule has 1 aromatic rings. The molecule has 2 amide bonds. The second-order valence-electron chi connectivity index (χ2n) is 6.22. The Hall–Kier alpha value is -2.25. The Morgan fingerprint density at radius 3 is 2.30 bits per heavy atom. The van der Waals surface area contributed by atoms with Crippen LogP contribution in [0.2, 0.25) is 0 Å². The van der Waals surface area contributed by atoms with Gasteiger partial charge in [0.25, 0.3) is 11.8 Å². The number of imide groups is 1. The lowest BCUT2D eigenvalue weighted by Gasteiger charge is -2.50. The molecule has 4 atom stereocenters. The lowest BCUT2D eigenvalue weighted by molar-refractivity contribution is -0.182. The van der Waals surface area contributed by atoms with Gasteiger partial charge in [0, 0.05) is 32.2 Å². The first-order chi connectivity index (χ1) is 11.1. The van der Waals surface area contributed by atoms with Crippen molar-refractivity contribution in [3.8, 4) is 0 Å². The van der Waals surface area contributed by atoms with Crippen LogP contribution in [0.25, 0.3) is 0 Å². The molecule has 0 N–H and O–H groups in total. The maximum Gasteiger partial charge on any atom is 0.351 e. The molecule has 4 heterocycles. The van der Waals surface area contributed by atoms with Crippen LogP contribution in [-0.4, -0.2) is 70.9 Å². The number of nitrogens with zero attached hydrogens (tertiary/aromatic N) is 3. The highest BCUT2D eigenvalue weighted by molar-refractivity contribution is 6.20. The summed E-state index contributed by atoms with van der Waals surface area (Å²) in [5.41, 5.74) is 0.542. The third kappa shape index (κ3) is 2.15. The number of carbonyl (C=O) groups is 3. The van der Waals surface area contributed by atoms with Crippen LogP contribution in [0.4, 0.5) is 0 Å². The Balaban J connectivity index is 1.52. The summed E-state index contributed by atoms with van der Waals surface area (Å²) in [5, 5.41) is 0.594. The second-order valence-corrected chi connectivity index (χ2v) is 6.22. The molecular weight excluding hydrogens is 298 g/mol. The zero-order valence-electron chi connectivity index (χ0n) is 12.8. The number of amides is 2. The number of hydroxylamine groups is 2. The molecule has 0 spiro atoms. The molecule has 23 heavy (non-hydrogen) atoms. The van der Waals surface area contributed by atoms with E-state index in [1.165, 1.54) is 0 Å². The van der Waals surface area contributed by atoms with Crippen molar-refractivity contribution in [3.63, 3.8) is 0 Å². The van der Waals surface area contributed by atoms with Crippen LogP contribution in [0.3, 0.4) is 0 Å². The molecule has 5 rings (SSSR count). The van der Waals surface area contributed by atoms with Gasteiger partial charge in [-0.2, -0.15) is 0 Å². The highest BCUT2D eigenvalue weighted by Crippen LogP contribution is 2.25. The van der Waals surface area contributed by atoms with Gasteiger partial charge in [0.2, 0.25) is 0 Å². The summed E-state index contributed by atoms with van der Waals surface area (Å²) in [6.45, 7) is 5.29. The van der Waals surface area contributed by atoms with Crippen molar-refractivity contribution in [2.45, 2.75) is 19.0 Å². The van der Waals surface area contributed by atoms with E-state index in [1.54, 1.807) is 24.3 Å². The minimum atomic E-state index is -0.580. The van der Waals surface area contributed by atoms with Crippen LogP contribution < -0.4 is 0 Å². The van der Waals surface area contributed by atoms with Gasteiger partial charge in [-0.15, -0.1) is 0 Å². The Labute approximate surface area is 133 Å². The molecule has 0 saturated carbocycles.